The molecule has 0 fully saturated rings. The zero-order valence-electron chi connectivity index (χ0n) is 20.4. The van der Waals surface area contributed by atoms with Gasteiger partial charge in [-0.1, -0.05) is 48.2 Å². The molecule has 0 spiro atoms. The normalized spacial score (nSPS) is 11.9. The van der Waals surface area contributed by atoms with Gasteiger partial charge < -0.3 is 10.1 Å². The second-order valence-corrected chi connectivity index (χ2v) is 9.80. The summed E-state index contributed by atoms with van der Waals surface area (Å²) in [5.74, 6) is 0.707. The monoisotopic (exact) mass is 487 g/mol. The molecule has 1 N–H and O–H groups in total. The lowest BCUT2D eigenvalue weighted by molar-refractivity contribution is -0.120. The number of thioether (sulfide) groups is 1. The predicted octanol–water partition coefficient (Wildman–Crippen LogP) is 4.85. The number of rotatable bonds is 8. The van der Waals surface area contributed by atoms with Crippen molar-refractivity contribution >= 4 is 28.6 Å². The maximum Gasteiger partial charge on any atom is 0.266 e. The highest BCUT2D eigenvalue weighted by Gasteiger charge is 2.21. The molecule has 0 aliphatic rings. The van der Waals surface area contributed by atoms with E-state index in [-0.39, 0.29) is 11.5 Å². The molecule has 0 saturated carbocycles. The van der Waals surface area contributed by atoms with Crippen LogP contribution < -0.4 is 15.6 Å². The fourth-order valence-electron chi connectivity index (χ4n) is 3.84. The van der Waals surface area contributed by atoms with Gasteiger partial charge in [-0.2, -0.15) is 0 Å². The molecular weight excluding hydrogens is 458 g/mol. The smallest absolute Gasteiger partial charge is 0.266 e. The quantitative estimate of drug-likeness (QED) is 0.284. The summed E-state index contributed by atoms with van der Waals surface area (Å²) in [5.41, 5.74) is 4.39. The third-order valence-electron chi connectivity index (χ3n) is 5.87. The molecule has 6 nitrogen and oxygen atoms in total. The van der Waals surface area contributed by atoms with Gasteiger partial charge in [-0.15, -0.1) is 0 Å². The molecule has 4 aromatic rings. The second-order valence-electron chi connectivity index (χ2n) is 8.49. The van der Waals surface area contributed by atoms with Crippen molar-refractivity contribution in [2.45, 2.75) is 37.6 Å². The van der Waals surface area contributed by atoms with Crippen LogP contribution in [-0.2, 0) is 11.2 Å². The van der Waals surface area contributed by atoms with Gasteiger partial charge in [0.25, 0.3) is 5.56 Å². The number of aryl methyl sites for hydroxylation is 2. The number of carbonyl (C=O) groups excluding carboxylic acids is 1. The van der Waals surface area contributed by atoms with Gasteiger partial charge in [-0.05, 0) is 74.2 Å². The Morgan fingerprint density at radius 2 is 1.83 bits per heavy atom. The summed E-state index contributed by atoms with van der Waals surface area (Å²) in [5, 5.41) is 3.62. The highest BCUT2D eigenvalue weighted by Crippen LogP contribution is 2.27. The Morgan fingerprint density at radius 3 is 2.57 bits per heavy atom. The highest BCUT2D eigenvalue weighted by atomic mass is 32.2. The number of carbonyl (C=O) groups is 1. The number of aromatic nitrogens is 2. The minimum absolute atomic E-state index is 0.0987. The van der Waals surface area contributed by atoms with Crippen LogP contribution in [0.5, 0.6) is 5.75 Å². The number of amides is 1. The van der Waals surface area contributed by atoms with E-state index in [1.165, 1.54) is 11.8 Å². The van der Waals surface area contributed by atoms with E-state index in [4.69, 9.17) is 9.72 Å². The number of nitrogens with one attached hydrogen (secondary N) is 1. The molecule has 1 heterocycles. The van der Waals surface area contributed by atoms with Gasteiger partial charge in [-0.3, -0.25) is 14.2 Å². The Hall–Kier alpha value is -3.58. The van der Waals surface area contributed by atoms with Gasteiger partial charge in [0, 0.05) is 6.54 Å². The molecule has 180 valence electrons. The average molecular weight is 488 g/mol. The molecule has 1 unspecified atom stereocenters. The summed E-state index contributed by atoms with van der Waals surface area (Å²) >= 11 is 1.29. The largest absolute Gasteiger partial charge is 0.497 e. The van der Waals surface area contributed by atoms with Crippen LogP contribution in [0.1, 0.15) is 23.6 Å². The molecule has 0 aliphatic carbocycles. The molecule has 1 amide bonds. The first-order chi connectivity index (χ1) is 16.9. The first-order valence-electron chi connectivity index (χ1n) is 11.5. The first-order valence-corrected chi connectivity index (χ1v) is 12.4. The van der Waals surface area contributed by atoms with Gasteiger partial charge in [0.2, 0.25) is 5.91 Å². The lowest BCUT2D eigenvalue weighted by Crippen LogP contribution is -2.33. The Bertz CT molecular complexity index is 1410. The van der Waals surface area contributed by atoms with Crippen LogP contribution in [0.25, 0.3) is 16.6 Å². The van der Waals surface area contributed by atoms with Crippen LogP contribution in [0.15, 0.2) is 76.7 Å². The number of methoxy groups -OCH3 is 1. The summed E-state index contributed by atoms with van der Waals surface area (Å²) in [7, 11) is 1.64. The molecule has 1 aromatic heterocycles. The summed E-state index contributed by atoms with van der Waals surface area (Å²) < 4.78 is 6.82. The maximum atomic E-state index is 13.5. The Balaban J connectivity index is 1.57. The molecule has 7 heteroatoms. The van der Waals surface area contributed by atoms with Gasteiger partial charge >= 0.3 is 0 Å². The summed E-state index contributed by atoms with van der Waals surface area (Å²) in [6, 6.07) is 21.1. The molecule has 0 radical (unpaired) electrons. The predicted molar refractivity (Wildman–Crippen MR) is 142 cm³/mol. The molecule has 0 aliphatic heterocycles. The van der Waals surface area contributed by atoms with E-state index >= 15 is 0 Å². The van der Waals surface area contributed by atoms with E-state index in [2.05, 4.69) is 5.32 Å². The van der Waals surface area contributed by atoms with Crippen molar-refractivity contribution in [1.29, 1.82) is 0 Å². The molecular formula is C28H29N3O3S. The number of ether oxygens (including phenoxy) is 1. The number of nitrogens with zero attached hydrogens (tertiary/aromatic N) is 2. The van der Waals surface area contributed by atoms with Gasteiger partial charge in [0.15, 0.2) is 5.16 Å². The van der Waals surface area contributed by atoms with Crippen molar-refractivity contribution in [1.82, 2.24) is 14.9 Å². The van der Waals surface area contributed by atoms with E-state index in [1.807, 2.05) is 81.4 Å². The Labute approximate surface area is 209 Å². The topological polar surface area (TPSA) is 73.2 Å². The third kappa shape index (κ3) is 5.57. The van der Waals surface area contributed by atoms with Crippen LogP contribution >= 0.6 is 11.8 Å². The highest BCUT2D eigenvalue weighted by molar-refractivity contribution is 8.00. The van der Waals surface area contributed by atoms with E-state index in [1.54, 1.807) is 17.7 Å². The number of para-hydroxylation sites is 1. The average Bonchev–Trinajstić information content (AvgIpc) is 2.86. The van der Waals surface area contributed by atoms with Crippen LogP contribution in [0.2, 0.25) is 0 Å². The Morgan fingerprint density at radius 1 is 1.09 bits per heavy atom. The van der Waals surface area contributed by atoms with Gasteiger partial charge in [0.1, 0.15) is 5.75 Å². The zero-order valence-corrected chi connectivity index (χ0v) is 21.2. The van der Waals surface area contributed by atoms with E-state index in [0.717, 1.165) is 28.1 Å². The zero-order chi connectivity index (χ0) is 24.9. The van der Waals surface area contributed by atoms with Crippen molar-refractivity contribution in [2.24, 2.45) is 0 Å². The Kier molecular flexibility index (Phi) is 7.56. The SMILES string of the molecule is COc1ccc(CCNC(=O)C(C)Sc2nc3ccccc3c(=O)n2-c2cc(C)ccc2C)cc1. The van der Waals surface area contributed by atoms with E-state index in [9.17, 15) is 9.59 Å². The minimum Gasteiger partial charge on any atom is -0.497 e. The van der Waals surface area contributed by atoms with Crippen molar-refractivity contribution < 1.29 is 9.53 Å². The van der Waals surface area contributed by atoms with Crippen molar-refractivity contribution in [2.75, 3.05) is 13.7 Å². The second kappa shape index (κ2) is 10.8. The van der Waals surface area contributed by atoms with Crippen molar-refractivity contribution in [3.8, 4) is 11.4 Å². The van der Waals surface area contributed by atoms with E-state index < -0.39 is 5.25 Å². The first kappa shape index (κ1) is 24.5. The molecule has 4 rings (SSSR count). The van der Waals surface area contributed by atoms with Gasteiger partial charge in [0.05, 0.1) is 29.0 Å². The number of fused-ring (bicyclic) bond motifs is 1. The van der Waals surface area contributed by atoms with Crippen LogP contribution in [0.4, 0.5) is 0 Å². The van der Waals surface area contributed by atoms with Crippen LogP contribution in [0, 0.1) is 13.8 Å². The molecule has 0 saturated heterocycles. The standard InChI is InChI=1S/C28H29N3O3S/c1-18-9-10-19(2)25(17-18)31-27(33)23-7-5-6-8-24(23)30-28(31)35-20(3)26(32)29-16-15-21-11-13-22(34-4)14-12-21/h5-14,17,20H,15-16H2,1-4H3,(H,29,32). The van der Waals surface area contributed by atoms with Gasteiger partial charge in [-0.25, -0.2) is 4.98 Å². The number of benzene rings is 3. The van der Waals surface area contributed by atoms with E-state index in [0.29, 0.717) is 29.0 Å². The third-order valence-corrected chi connectivity index (χ3v) is 6.93. The van der Waals surface area contributed by atoms with Crippen molar-refractivity contribution in [3.63, 3.8) is 0 Å². The number of hydrogen-bond acceptors (Lipinski definition) is 5. The summed E-state index contributed by atoms with van der Waals surface area (Å²) in [6.45, 7) is 6.32. The summed E-state index contributed by atoms with van der Waals surface area (Å²) in [4.78, 5) is 31.2. The maximum absolute atomic E-state index is 13.5. The molecule has 3 aromatic carbocycles. The molecule has 35 heavy (non-hydrogen) atoms. The fourth-order valence-corrected chi connectivity index (χ4v) is 4.79. The summed E-state index contributed by atoms with van der Waals surface area (Å²) in [6.07, 6.45) is 0.717. The van der Waals surface area contributed by atoms with Crippen LogP contribution in [-0.4, -0.2) is 34.4 Å². The molecule has 0 bridgehead atoms. The molecule has 1 atom stereocenters. The fraction of sp³-hybridized carbons (Fsp3) is 0.250. The number of hydrogen-bond donors (Lipinski definition) is 1. The minimum atomic E-state index is -0.435. The lowest BCUT2D eigenvalue weighted by atomic mass is 10.1. The van der Waals surface area contributed by atoms with Crippen LogP contribution in [0.3, 0.4) is 0 Å². The lowest BCUT2D eigenvalue weighted by Gasteiger charge is -2.18. The van der Waals surface area contributed by atoms with Crippen molar-refractivity contribution in [3.05, 3.63) is 93.8 Å².